The standard InChI is InChI=1S/C26H23N3O5/c1-28-23(30)26(27-24(28)31)14-15-29(25(32)33-17-18-8-4-2-5-9-18)22-16-20(12-13-21(22)26)34-19-10-6-3-7-11-19/h2-13,16H,14-15,17H2,1H3,(H,27,31). The van der Waals surface area contributed by atoms with Crippen molar-refractivity contribution in [2.45, 2.75) is 18.6 Å². The summed E-state index contributed by atoms with van der Waals surface area (Å²) in [6.45, 7) is 0.310. The van der Waals surface area contributed by atoms with Crippen molar-refractivity contribution >= 4 is 23.7 Å². The van der Waals surface area contributed by atoms with Crippen molar-refractivity contribution in [1.29, 1.82) is 0 Å². The van der Waals surface area contributed by atoms with Crippen molar-refractivity contribution < 1.29 is 23.9 Å². The molecule has 4 amide bonds. The van der Waals surface area contributed by atoms with Gasteiger partial charge in [0.1, 0.15) is 18.1 Å². The van der Waals surface area contributed by atoms with Crippen LogP contribution in [0.25, 0.3) is 0 Å². The van der Waals surface area contributed by atoms with E-state index in [1.165, 1.54) is 11.9 Å². The first-order chi connectivity index (χ1) is 16.5. The van der Waals surface area contributed by atoms with E-state index >= 15 is 0 Å². The Morgan fingerprint density at radius 1 is 0.971 bits per heavy atom. The molecule has 1 fully saturated rings. The number of nitrogens with zero attached hydrogens (tertiary/aromatic N) is 2. The molecule has 3 aromatic rings. The van der Waals surface area contributed by atoms with E-state index < -0.39 is 17.7 Å². The van der Waals surface area contributed by atoms with Crippen molar-refractivity contribution in [3.05, 3.63) is 90.0 Å². The van der Waals surface area contributed by atoms with Crippen LogP contribution >= 0.6 is 0 Å². The number of carbonyl (C=O) groups excluding carboxylic acids is 3. The third-order valence-corrected chi connectivity index (χ3v) is 6.13. The summed E-state index contributed by atoms with van der Waals surface area (Å²) in [5.41, 5.74) is 0.619. The highest BCUT2D eigenvalue weighted by Gasteiger charge is 2.54. The number of ether oxygens (including phenoxy) is 2. The highest BCUT2D eigenvalue weighted by Crippen LogP contribution is 2.44. The van der Waals surface area contributed by atoms with Crippen LogP contribution in [0.3, 0.4) is 0 Å². The van der Waals surface area contributed by atoms with Gasteiger partial charge in [0.05, 0.1) is 5.69 Å². The highest BCUT2D eigenvalue weighted by atomic mass is 16.6. The molecule has 0 aliphatic carbocycles. The summed E-state index contributed by atoms with van der Waals surface area (Å²) >= 11 is 0. The van der Waals surface area contributed by atoms with Gasteiger partial charge in [0.25, 0.3) is 5.91 Å². The molecule has 1 atom stereocenters. The molecule has 8 heteroatoms. The van der Waals surface area contributed by atoms with Gasteiger partial charge in [-0.1, -0.05) is 54.6 Å². The van der Waals surface area contributed by atoms with E-state index in [2.05, 4.69) is 5.32 Å². The van der Waals surface area contributed by atoms with E-state index in [0.29, 0.717) is 22.7 Å². The Kier molecular flexibility index (Phi) is 5.41. The summed E-state index contributed by atoms with van der Waals surface area (Å²) in [6, 6.07) is 23.3. The fraction of sp³-hybridized carbons (Fsp3) is 0.192. The minimum absolute atomic E-state index is 0.120. The largest absolute Gasteiger partial charge is 0.457 e. The molecule has 1 spiro atoms. The quantitative estimate of drug-likeness (QED) is 0.587. The lowest BCUT2D eigenvalue weighted by atomic mass is 9.82. The molecule has 2 aliphatic rings. The lowest BCUT2D eigenvalue weighted by Gasteiger charge is -2.38. The fourth-order valence-corrected chi connectivity index (χ4v) is 4.36. The number of urea groups is 1. The van der Waals surface area contributed by atoms with Crippen LogP contribution in [-0.4, -0.2) is 36.5 Å². The topological polar surface area (TPSA) is 88.2 Å². The average Bonchev–Trinajstić information content (AvgIpc) is 3.08. The summed E-state index contributed by atoms with van der Waals surface area (Å²) in [4.78, 5) is 41.1. The number of carbonyl (C=O) groups is 3. The maximum absolute atomic E-state index is 13.1. The number of imide groups is 1. The summed E-state index contributed by atoms with van der Waals surface area (Å²) in [5, 5.41) is 2.83. The molecule has 8 nitrogen and oxygen atoms in total. The molecule has 0 aromatic heterocycles. The number of benzene rings is 3. The molecule has 2 heterocycles. The van der Waals surface area contributed by atoms with Gasteiger partial charge in [-0.25, -0.2) is 9.59 Å². The zero-order valence-electron chi connectivity index (χ0n) is 18.6. The highest BCUT2D eigenvalue weighted by molar-refractivity contribution is 6.09. The second-order valence-electron chi connectivity index (χ2n) is 8.24. The Labute approximate surface area is 196 Å². The summed E-state index contributed by atoms with van der Waals surface area (Å²) in [5.74, 6) is 0.775. The number of likely N-dealkylation sites (N-methyl/N-ethyl adjacent to an activating group) is 1. The first kappa shape index (κ1) is 21.5. The summed E-state index contributed by atoms with van der Waals surface area (Å²) in [7, 11) is 1.44. The molecular formula is C26H23N3O5. The molecule has 3 aromatic carbocycles. The molecule has 0 bridgehead atoms. The first-order valence-electron chi connectivity index (χ1n) is 10.9. The van der Waals surface area contributed by atoms with Crippen molar-refractivity contribution in [3.63, 3.8) is 0 Å². The van der Waals surface area contributed by atoms with Crippen LogP contribution in [0, 0.1) is 0 Å². The Hall–Kier alpha value is -4.33. The number of para-hydroxylation sites is 1. The van der Waals surface area contributed by atoms with Crippen molar-refractivity contribution in [2.75, 3.05) is 18.5 Å². The average molecular weight is 457 g/mol. The SMILES string of the molecule is CN1C(=O)NC2(CCN(C(=O)OCc3ccccc3)c3cc(Oc4ccccc4)ccc32)C1=O. The molecule has 5 rings (SSSR count). The van der Waals surface area contributed by atoms with Gasteiger partial charge in [0.15, 0.2) is 5.54 Å². The predicted octanol–water partition coefficient (Wildman–Crippen LogP) is 4.40. The van der Waals surface area contributed by atoms with Crippen LogP contribution < -0.4 is 15.0 Å². The number of amides is 4. The van der Waals surface area contributed by atoms with Crippen LogP contribution in [-0.2, 0) is 21.7 Å². The molecule has 2 aliphatic heterocycles. The second kappa shape index (κ2) is 8.55. The van der Waals surface area contributed by atoms with Gasteiger partial charge in [-0.05, 0) is 23.8 Å². The lowest BCUT2D eigenvalue weighted by molar-refractivity contribution is -0.131. The van der Waals surface area contributed by atoms with Crippen LogP contribution in [0.5, 0.6) is 11.5 Å². The van der Waals surface area contributed by atoms with E-state index in [0.717, 1.165) is 10.5 Å². The monoisotopic (exact) mass is 457 g/mol. The van der Waals surface area contributed by atoms with Gasteiger partial charge < -0.3 is 14.8 Å². The number of anilines is 1. The number of nitrogens with one attached hydrogen (secondary N) is 1. The maximum Gasteiger partial charge on any atom is 0.414 e. The number of rotatable bonds is 4. The van der Waals surface area contributed by atoms with Crippen LogP contribution in [0.1, 0.15) is 17.5 Å². The van der Waals surface area contributed by atoms with Gasteiger partial charge in [-0.2, -0.15) is 0 Å². The third-order valence-electron chi connectivity index (χ3n) is 6.13. The first-order valence-corrected chi connectivity index (χ1v) is 10.9. The molecule has 1 unspecified atom stereocenters. The van der Waals surface area contributed by atoms with Crippen LogP contribution in [0.15, 0.2) is 78.9 Å². The van der Waals surface area contributed by atoms with Crippen LogP contribution in [0.2, 0.25) is 0 Å². The normalized spacial score (nSPS) is 19.1. The van der Waals surface area contributed by atoms with Gasteiger partial charge in [0.2, 0.25) is 0 Å². The smallest absolute Gasteiger partial charge is 0.414 e. The lowest BCUT2D eigenvalue weighted by Crippen LogP contribution is -2.52. The summed E-state index contributed by atoms with van der Waals surface area (Å²) in [6.07, 6.45) is -0.309. The number of hydrogen-bond donors (Lipinski definition) is 1. The van der Waals surface area contributed by atoms with Gasteiger partial charge in [-0.15, -0.1) is 0 Å². The van der Waals surface area contributed by atoms with Crippen molar-refractivity contribution in [2.24, 2.45) is 0 Å². The number of fused-ring (bicyclic) bond motifs is 2. The van der Waals surface area contributed by atoms with Gasteiger partial charge >= 0.3 is 12.1 Å². The zero-order valence-corrected chi connectivity index (χ0v) is 18.6. The van der Waals surface area contributed by atoms with Crippen molar-refractivity contribution in [1.82, 2.24) is 10.2 Å². The summed E-state index contributed by atoms with van der Waals surface area (Å²) < 4.78 is 11.5. The van der Waals surface area contributed by atoms with E-state index in [9.17, 15) is 14.4 Å². The minimum Gasteiger partial charge on any atom is -0.457 e. The molecular weight excluding hydrogens is 434 g/mol. The Balaban J connectivity index is 1.49. The van der Waals surface area contributed by atoms with Crippen LogP contribution in [0.4, 0.5) is 15.3 Å². The predicted molar refractivity (Wildman–Crippen MR) is 125 cm³/mol. The Morgan fingerprint density at radius 2 is 1.68 bits per heavy atom. The number of hydrogen-bond acceptors (Lipinski definition) is 5. The molecule has 34 heavy (non-hydrogen) atoms. The molecule has 1 saturated heterocycles. The molecule has 0 saturated carbocycles. The molecule has 1 N–H and O–H groups in total. The zero-order chi connectivity index (χ0) is 23.7. The van der Waals surface area contributed by atoms with Crippen molar-refractivity contribution in [3.8, 4) is 11.5 Å². The van der Waals surface area contributed by atoms with E-state index in [1.807, 2.05) is 60.7 Å². The third kappa shape index (κ3) is 3.73. The minimum atomic E-state index is -1.23. The maximum atomic E-state index is 13.1. The Bertz CT molecular complexity index is 1250. The second-order valence-corrected chi connectivity index (χ2v) is 8.24. The van der Waals surface area contributed by atoms with Gasteiger partial charge in [-0.3, -0.25) is 14.6 Å². The Morgan fingerprint density at radius 3 is 2.35 bits per heavy atom. The van der Waals surface area contributed by atoms with E-state index in [4.69, 9.17) is 9.47 Å². The molecule has 0 radical (unpaired) electrons. The van der Waals surface area contributed by atoms with E-state index in [1.54, 1.807) is 18.2 Å². The molecule has 172 valence electrons. The van der Waals surface area contributed by atoms with E-state index in [-0.39, 0.29) is 25.5 Å². The fourth-order valence-electron chi connectivity index (χ4n) is 4.36. The van der Waals surface area contributed by atoms with Gasteiger partial charge in [0, 0.05) is 31.6 Å².